The van der Waals surface area contributed by atoms with Gasteiger partial charge >= 0.3 is 6.18 Å². The van der Waals surface area contributed by atoms with Gasteiger partial charge in [0, 0.05) is 10.3 Å². The van der Waals surface area contributed by atoms with Crippen molar-refractivity contribution in [1.82, 2.24) is 0 Å². The number of aldehydes is 1. The van der Waals surface area contributed by atoms with E-state index in [-0.39, 0.29) is 23.3 Å². The number of halogens is 3. The average Bonchev–Trinajstić information content (AvgIpc) is 2.97. The second-order valence-electron chi connectivity index (χ2n) is 5.37. The van der Waals surface area contributed by atoms with E-state index in [9.17, 15) is 28.3 Å². The van der Waals surface area contributed by atoms with Gasteiger partial charge < -0.3 is 5.11 Å². The molecule has 7 heteroatoms. The van der Waals surface area contributed by atoms with Crippen LogP contribution in [0.4, 0.5) is 13.2 Å². The molecule has 3 rings (SSSR count). The van der Waals surface area contributed by atoms with Gasteiger partial charge in [-0.05, 0) is 35.3 Å². The van der Waals surface area contributed by atoms with Gasteiger partial charge in [0.05, 0.1) is 23.1 Å². The van der Waals surface area contributed by atoms with Gasteiger partial charge in [0.2, 0.25) is 0 Å². The maximum absolute atomic E-state index is 13.2. The second kappa shape index (κ2) is 5.80. The summed E-state index contributed by atoms with van der Waals surface area (Å²) < 4.78 is 39.5. The molecule has 1 aromatic heterocycles. The summed E-state index contributed by atoms with van der Waals surface area (Å²) in [6.07, 6.45) is -2.37. The highest BCUT2D eigenvalue weighted by Gasteiger charge is 2.38. The van der Waals surface area contributed by atoms with Crippen LogP contribution in [0.3, 0.4) is 0 Å². The van der Waals surface area contributed by atoms with Crippen LogP contribution in [0.2, 0.25) is 0 Å². The number of rotatable bonds is 2. The fraction of sp³-hybridized carbons (Fsp3) is 0.176. The number of aromatic hydroxyl groups is 1. The van der Waals surface area contributed by atoms with Gasteiger partial charge in [-0.15, -0.1) is 11.3 Å². The molecule has 24 heavy (non-hydrogen) atoms. The number of carbonyl (C=O) groups is 1. The molecule has 3 nitrogen and oxygen atoms in total. The zero-order valence-electron chi connectivity index (χ0n) is 12.1. The predicted octanol–water partition coefficient (Wildman–Crippen LogP) is 4.41. The maximum atomic E-state index is 13.2. The standard InChI is InChI=1S/C17H10F3NO2S/c18-17(19,20)14-8-24-16-12(3-9(6-21)4-13(14)16)10-1-2-11(7-22)15(23)5-10/h1-3,5,7-9,23H,4H2. The highest BCUT2D eigenvalue weighted by molar-refractivity contribution is 7.11. The first-order valence-corrected chi connectivity index (χ1v) is 7.81. The first-order valence-electron chi connectivity index (χ1n) is 6.93. The zero-order valence-corrected chi connectivity index (χ0v) is 12.9. The quantitative estimate of drug-likeness (QED) is 0.817. The molecule has 122 valence electrons. The van der Waals surface area contributed by atoms with Crippen LogP contribution in [0.1, 0.15) is 31.9 Å². The number of hydrogen-bond donors (Lipinski definition) is 1. The van der Waals surface area contributed by atoms with Crippen molar-refractivity contribution in [2.24, 2.45) is 5.92 Å². The van der Waals surface area contributed by atoms with Crippen LogP contribution >= 0.6 is 11.3 Å². The van der Waals surface area contributed by atoms with Crippen molar-refractivity contribution < 1.29 is 23.1 Å². The summed E-state index contributed by atoms with van der Waals surface area (Å²) in [5, 5.41) is 20.1. The first kappa shape index (κ1) is 16.3. The third-order valence-electron chi connectivity index (χ3n) is 3.87. The van der Waals surface area contributed by atoms with Crippen LogP contribution in [0.15, 0.2) is 29.7 Å². The van der Waals surface area contributed by atoms with E-state index in [0.717, 1.165) is 16.7 Å². The normalized spacial score (nSPS) is 16.9. The lowest BCUT2D eigenvalue weighted by Crippen LogP contribution is -2.13. The van der Waals surface area contributed by atoms with Crippen LogP contribution in [0.5, 0.6) is 5.75 Å². The highest BCUT2D eigenvalue weighted by Crippen LogP contribution is 2.45. The molecule has 1 heterocycles. The first-order chi connectivity index (χ1) is 11.3. The van der Waals surface area contributed by atoms with Crippen LogP contribution in [0, 0.1) is 17.2 Å². The Morgan fingerprint density at radius 2 is 2.12 bits per heavy atom. The molecule has 1 atom stereocenters. The monoisotopic (exact) mass is 349 g/mol. The highest BCUT2D eigenvalue weighted by atomic mass is 32.1. The summed E-state index contributed by atoms with van der Waals surface area (Å²) in [6, 6.07) is 6.26. The second-order valence-corrected chi connectivity index (χ2v) is 6.25. The van der Waals surface area contributed by atoms with Gasteiger partial charge in [-0.2, -0.15) is 18.4 Å². The van der Waals surface area contributed by atoms with E-state index in [0.29, 0.717) is 22.3 Å². The van der Waals surface area contributed by atoms with Gasteiger partial charge in [0.15, 0.2) is 6.29 Å². The topological polar surface area (TPSA) is 61.1 Å². The fourth-order valence-electron chi connectivity index (χ4n) is 2.73. The number of nitriles is 1. The van der Waals surface area contributed by atoms with E-state index >= 15 is 0 Å². The minimum Gasteiger partial charge on any atom is -0.507 e. The molecule has 0 bridgehead atoms. The summed E-state index contributed by atoms with van der Waals surface area (Å²) in [5.74, 6) is -0.937. The van der Waals surface area contributed by atoms with Crippen LogP contribution in [-0.2, 0) is 12.6 Å². The van der Waals surface area contributed by atoms with E-state index in [4.69, 9.17) is 0 Å². The lowest BCUT2D eigenvalue weighted by atomic mass is 9.85. The number of thiophene rings is 1. The largest absolute Gasteiger partial charge is 0.507 e. The van der Waals surface area contributed by atoms with E-state index in [2.05, 4.69) is 0 Å². The van der Waals surface area contributed by atoms with Crippen LogP contribution in [-0.4, -0.2) is 11.4 Å². The fourth-order valence-corrected chi connectivity index (χ4v) is 3.89. The number of alkyl halides is 3. The summed E-state index contributed by atoms with van der Waals surface area (Å²) >= 11 is 0.961. The van der Waals surface area contributed by atoms with Gasteiger partial charge in [-0.1, -0.05) is 12.1 Å². The molecule has 1 aliphatic rings. The SMILES string of the molecule is N#CC1C=C(c2ccc(C=O)c(O)c2)c2scc(C(F)(F)F)c2C1. The predicted molar refractivity (Wildman–Crippen MR) is 82.7 cm³/mol. The molecule has 2 aromatic rings. The van der Waals surface area contributed by atoms with Crippen molar-refractivity contribution in [3.63, 3.8) is 0 Å². The summed E-state index contributed by atoms with van der Waals surface area (Å²) in [4.78, 5) is 11.2. The molecular weight excluding hydrogens is 339 g/mol. The number of carbonyl (C=O) groups excluding carboxylic acids is 1. The molecule has 0 spiro atoms. The van der Waals surface area contributed by atoms with E-state index in [1.54, 1.807) is 12.1 Å². The zero-order chi connectivity index (χ0) is 17.5. The Morgan fingerprint density at radius 3 is 2.71 bits per heavy atom. The average molecular weight is 349 g/mol. The van der Waals surface area contributed by atoms with E-state index in [1.807, 2.05) is 6.07 Å². The summed E-state index contributed by atoms with van der Waals surface area (Å²) in [7, 11) is 0. The van der Waals surface area contributed by atoms with E-state index in [1.165, 1.54) is 12.1 Å². The number of nitrogens with zero attached hydrogens (tertiary/aromatic N) is 1. The molecule has 0 fully saturated rings. The molecular formula is C17H10F3NO2S. The number of phenols is 1. The Labute approximate surface area is 139 Å². The number of allylic oxidation sites excluding steroid dienone is 1. The van der Waals surface area contributed by atoms with Crippen LogP contribution < -0.4 is 0 Å². The Hall–Kier alpha value is -2.59. The van der Waals surface area contributed by atoms with Crippen molar-refractivity contribution in [1.29, 1.82) is 5.26 Å². The molecule has 1 aliphatic carbocycles. The molecule has 1 N–H and O–H groups in total. The molecule has 0 radical (unpaired) electrons. The van der Waals surface area contributed by atoms with Crippen molar-refractivity contribution in [2.75, 3.05) is 0 Å². The van der Waals surface area contributed by atoms with Crippen molar-refractivity contribution in [3.05, 3.63) is 56.8 Å². The summed E-state index contributed by atoms with van der Waals surface area (Å²) in [6.45, 7) is 0. The Kier molecular flexibility index (Phi) is 3.93. The molecule has 0 amide bonds. The number of fused-ring (bicyclic) bond motifs is 1. The summed E-state index contributed by atoms with van der Waals surface area (Å²) in [5.41, 5.74) is 0.415. The minimum absolute atomic E-state index is 0.00603. The molecule has 1 aromatic carbocycles. The van der Waals surface area contributed by atoms with Crippen LogP contribution in [0.25, 0.3) is 5.57 Å². The molecule has 0 saturated heterocycles. The maximum Gasteiger partial charge on any atom is 0.417 e. The number of hydrogen-bond acceptors (Lipinski definition) is 4. The lowest BCUT2D eigenvalue weighted by molar-refractivity contribution is -0.137. The number of benzene rings is 1. The van der Waals surface area contributed by atoms with Gasteiger partial charge in [-0.3, -0.25) is 4.79 Å². The molecule has 1 unspecified atom stereocenters. The van der Waals surface area contributed by atoms with Crippen molar-refractivity contribution >= 4 is 23.2 Å². The smallest absolute Gasteiger partial charge is 0.417 e. The Balaban J connectivity index is 2.17. The van der Waals surface area contributed by atoms with Gasteiger partial charge in [0.1, 0.15) is 5.75 Å². The molecule has 0 saturated carbocycles. The number of phenolic OH excluding ortho intramolecular Hbond substituents is 1. The minimum atomic E-state index is -4.48. The van der Waals surface area contributed by atoms with Crippen molar-refractivity contribution in [3.8, 4) is 11.8 Å². The lowest BCUT2D eigenvalue weighted by Gasteiger charge is -2.20. The molecule has 0 aliphatic heterocycles. The Morgan fingerprint density at radius 1 is 1.38 bits per heavy atom. The third-order valence-corrected chi connectivity index (χ3v) is 4.93. The van der Waals surface area contributed by atoms with Gasteiger partial charge in [-0.25, -0.2) is 0 Å². The van der Waals surface area contributed by atoms with Crippen molar-refractivity contribution in [2.45, 2.75) is 12.6 Å². The Bertz CT molecular complexity index is 890. The third kappa shape index (κ3) is 2.69. The van der Waals surface area contributed by atoms with E-state index < -0.39 is 17.7 Å². The van der Waals surface area contributed by atoms with Gasteiger partial charge in [0.25, 0.3) is 0 Å².